The van der Waals surface area contributed by atoms with Crippen LogP contribution in [0.2, 0.25) is 5.02 Å². The van der Waals surface area contributed by atoms with Crippen molar-refractivity contribution in [1.82, 2.24) is 10.2 Å². The van der Waals surface area contributed by atoms with Gasteiger partial charge in [-0.1, -0.05) is 43.6 Å². The largest absolute Gasteiger partial charge is 0.497 e. The number of benzene rings is 3. The van der Waals surface area contributed by atoms with Crippen molar-refractivity contribution >= 4 is 39.1 Å². The lowest BCUT2D eigenvalue weighted by atomic mass is 10.1. The molecule has 3 rings (SSSR count). The Bertz CT molecular complexity index is 1600. The van der Waals surface area contributed by atoms with Crippen molar-refractivity contribution in [3.05, 3.63) is 71.2 Å². The molecule has 1 N–H and O–H groups in total. The number of nitrogens with one attached hydrogen (secondary N) is 1. The molecule has 0 bridgehead atoms. The minimum atomic E-state index is -4.46. The predicted molar refractivity (Wildman–Crippen MR) is 173 cm³/mol. The molecule has 3 aromatic carbocycles. The van der Waals surface area contributed by atoms with Gasteiger partial charge in [0.05, 0.1) is 39.0 Å². The maximum Gasteiger partial charge on any atom is 0.265 e. The first-order chi connectivity index (χ1) is 21.4. The van der Waals surface area contributed by atoms with Gasteiger partial charge in [0, 0.05) is 30.2 Å². The van der Waals surface area contributed by atoms with Crippen LogP contribution in [-0.4, -0.2) is 72.7 Å². The van der Waals surface area contributed by atoms with E-state index < -0.39 is 34.4 Å². The monoisotopic (exact) mass is 661 g/mol. The van der Waals surface area contributed by atoms with E-state index in [1.165, 1.54) is 57.6 Å². The molecule has 0 fully saturated rings. The number of hydrogen-bond donors (Lipinski definition) is 1. The number of sulfonamides is 1. The molecule has 1 unspecified atom stereocenters. The van der Waals surface area contributed by atoms with Crippen LogP contribution in [0, 0.1) is 5.92 Å². The van der Waals surface area contributed by atoms with E-state index in [2.05, 4.69) is 5.32 Å². The van der Waals surface area contributed by atoms with Gasteiger partial charge in [-0.05, 0) is 48.7 Å². The zero-order valence-corrected chi connectivity index (χ0v) is 28.1. The summed E-state index contributed by atoms with van der Waals surface area (Å²) in [7, 11) is 1.19. The number of rotatable bonds is 15. The summed E-state index contributed by atoms with van der Waals surface area (Å²) in [4.78, 5) is 28.6. The third-order valence-corrected chi connectivity index (χ3v) is 9.15. The smallest absolute Gasteiger partial charge is 0.265 e. The van der Waals surface area contributed by atoms with Crippen LogP contribution < -0.4 is 28.6 Å². The summed E-state index contributed by atoms with van der Waals surface area (Å²) in [5, 5.41) is 3.25. The van der Waals surface area contributed by atoms with Crippen molar-refractivity contribution in [1.29, 1.82) is 0 Å². The van der Waals surface area contributed by atoms with Gasteiger partial charge < -0.3 is 29.2 Å². The Morgan fingerprint density at radius 2 is 1.49 bits per heavy atom. The van der Waals surface area contributed by atoms with Gasteiger partial charge in [0.2, 0.25) is 11.8 Å². The second-order valence-electron chi connectivity index (χ2n) is 10.5. The number of amides is 2. The van der Waals surface area contributed by atoms with E-state index in [1.54, 1.807) is 43.3 Å². The summed E-state index contributed by atoms with van der Waals surface area (Å²) >= 11 is 6.44. The van der Waals surface area contributed by atoms with Crippen molar-refractivity contribution in [3.8, 4) is 23.0 Å². The Morgan fingerprint density at radius 1 is 0.844 bits per heavy atom. The van der Waals surface area contributed by atoms with Crippen molar-refractivity contribution < 1.29 is 37.0 Å². The molecule has 3 aromatic rings. The minimum Gasteiger partial charge on any atom is -0.497 e. The van der Waals surface area contributed by atoms with Crippen molar-refractivity contribution in [3.63, 3.8) is 0 Å². The van der Waals surface area contributed by atoms with Crippen molar-refractivity contribution in [2.24, 2.45) is 5.92 Å². The van der Waals surface area contributed by atoms with Crippen molar-refractivity contribution in [2.45, 2.75) is 38.3 Å². The van der Waals surface area contributed by atoms with E-state index in [0.717, 1.165) is 4.31 Å². The number of halogens is 1. The molecule has 0 spiro atoms. The zero-order valence-electron chi connectivity index (χ0n) is 26.5. The van der Waals surface area contributed by atoms with Gasteiger partial charge in [-0.2, -0.15) is 0 Å². The van der Waals surface area contributed by atoms with Crippen LogP contribution in [0.5, 0.6) is 23.0 Å². The number of nitrogens with zero attached hydrogens (tertiary/aromatic N) is 2. The van der Waals surface area contributed by atoms with E-state index >= 15 is 0 Å². The molecule has 0 saturated heterocycles. The molecule has 2 amide bonds. The van der Waals surface area contributed by atoms with Crippen LogP contribution in [0.15, 0.2) is 65.6 Å². The minimum absolute atomic E-state index is 0.0474. The van der Waals surface area contributed by atoms with Gasteiger partial charge in [0.15, 0.2) is 11.5 Å². The second-order valence-corrected chi connectivity index (χ2v) is 12.8. The lowest BCUT2D eigenvalue weighted by molar-refractivity contribution is -0.139. The Morgan fingerprint density at radius 3 is 2.09 bits per heavy atom. The summed E-state index contributed by atoms with van der Waals surface area (Å²) in [6.45, 7) is 5.16. The van der Waals surface area contributed by atoms with E-state index in [9.17, 15) is 18.0 Å². The van der Waals surface area contributed by atoms with Gasteiger partial charge in [0.1, 0.15) is 24.1 Å². The van der Waals surface area contributed by atoms with E-state index in [1.807, 2.05) is 13.8 Å². The van der Waals surface area contributed by atoms with Gasteiger partial charge in [0.25, 0.3) is 10.0 Å². The number of methoxy groups -OCH3 is 4. The van der Waals surface area contributed by atoms with E-state index in [-0.39, 0.29) is 34.5 Å². The third-order valence-electron chi connectivity index (χ3n) is 7.03. The van der Waals surface area contributed by atoms with Crippen LogP contribution in [0.1, 0.15) is 26.3 Å². The van der Waals surface area contributed by atoms with Crippen LogP contribution in [0.25, 0.3) is 0 Å². The predicted octanol–water partition coefficient (Wildman–Crippen LogP) is 4.76. The Balaban J connectivity index is 2.17. The fourth-order valence-electron chi connectivity index (χ4n) is 4.45. The van der Waals surface area contributed by atoms with Gasteiger partial charge in [-0.15, -0.1) is 0 Å². The number of carbonyl (C=O) groups excluding carboxylic acids is 2. The molecule has 244 valence electrons. The molecule has 0 aliphatic carbocycles. The molecule has 13 heteroatoms. The Hall–Kier alpha value is -4.16. The Labute approximate surface area is 270 Å². The summed E-state index contributed by atoms with van der Waals surface area (Å²) < 4.78 is 51.2. The highest BCUT2D eigenvalue weighted by Gasteiger charge is 2.35. The van der Waals surface area contributed by atoms with Crippen LogP contribution in [0.4, 0.5) is 5.69 Å². The maximum absolute atomic E-state index is 14.4. The SMILES string of the molecule is COc1ccc(OC)c(N(CC(=O)N(Cc2ccccc2Cl)C(C)C(=O)NCC(C)C)S(=O)(=O)c2ccc(OC)c(OC)c2)c1. The zero-order chi connectivity index (χ0) is 33.3. The molecular formula is C32H40ClN3O8S. The van der Waals surface area contributed by atoms with Crippen LogP contribution >= 0.6 is 11.6 Å². The van der Waals surface area contributed by atoms with Gasteiger partial charge in [-0.25, -0.2) is 8.42 Å². The molecule has 0 aromatic heterocycles. The molecular weight excluding hydrogens is 622 g/mol. The molecule has 1 atom stereocenters. The maximum atomic E-state index is 14.4. The molecule has 0 aliphatic heterocycles. The third kappa shape index (κ3) is 8.52. The second kappa shape index (κ2) is 15.7. The lowest BCUT2D eigenvalue weighted by Gasteiger charge is -2.32. The highest BCUT2D eigenvalue weighted by molar-refractivity contribution is 7.92. The quantitative estimate of drug-likeness (QED) is 0.247. The average molecular weight is 662 g/mol. The van der Waals surface area contributed by atoms with Crippen LogP contribution in [-0.2, 0) is 26.2 Å². The summed E-state index contributed by atoms with van der Waals surface area (Å²) in [6.07, 6.45) is 0. The number of carbonyl (C=O) groups is 2. The molecule has 45 heavy (non-hydrogen) atoms. The van der Waals surface area contributed by atoms with E-state index in [0.29, 0.717) is 28.6 Å². The fourth-order valence-corrected chi connectivity index (χ4v) is 6.08. The summed E-state index contributed by atoms with van der Waals surface area (Å²) in [6, 6.07) is 14.7. The van der Waals surface area contributed by atoms with Gasteiger partial charge >= 0.3 is 0 Å². The molecule has 0 radical (unpaired) electrons. The normalized spacial score (nSPS) is 11.8. The number of anilines is 1. The van der Waals surface area contributed by atoms with E-state index in [4.69, 9.17) is 30.5 Å². The first kappa shape index (κ1) is 35.3. The molecule has 0 saturated carbocycles. The average Bonchev–Trinajstić information content (AvgIpc) is 3.04. The lowest BCUT2D eigenvalue weighted by Crippen LogP contribution is -2.51. The first-order valence-electron chi connectivity index (χ1n) is 14.1. The van der Waals surface area contributed by atoms with Gasteiger partial charge in [-0.3, -0.25) is 13.9 Å². The summed E-state index contributed by atoms with van der Waals surface area (Å²) in [5.74, 6) is 0.140. The number of ether oxygens (including phenoxy) is 4. The topological polar surface area (TPSA) is 124 Å². The first-order valence-corrected chi connectivity index (χ1v) is 16.0. The number of hydrogen-bond acceptors (Lipinski definition) is 8. The molecule has 0 heterocycles. The van der Waals surface area contributed by atoms with Crippen LogP contribution in [0.3, 0.4) is 0 Å². The molecule has 0 aliphatic rings. The Kier molecular flexibility index (Phi) is 12.3. The fraction of sp³-hybridized carbons (Fsp3) is 0.375. The highest BCUT2D eigenvalue weighted by atomic mass is 35.5. The standard InChI is InChI=1S/C32H40ClN3O8S/c1-21(2)18-34-32(38)22(3)35(19-23-10-8-9-11-26(23)33)31(37)20-36(27-16-24(41-4)12-14-28(27)42-5)45(39,40)25-13-15-29(43-6)30(17-25)44-7/h8-17,21-22H,18-20H2,1-7H3,(H,34,38). The highest BCUT2D eigenvalue weighted by Crippen LogP contribution is 2.38. The molecule has 11 nitrogen and oxygen atoms in total. The summed E-state index contributed by atoms with van der Waals surface area (Å²) in [5.41, 5.74) is 0.638. The van der Waals surface area contributed by atoms with Crippen molar-refractivity contribution in [2.75, 3.05) is 45.8 Å².